The first-order valence-electron chi connectivity index (χ1n) is 5.83. The van der Waals surface area contributed by atoms with Gasteiger partial charge in [0.15, 0.2) is 0 Å². The van der Waals surface area contributed by atoms with Crippen LogP contribution < -0.4 is 10.6 Å². The number of aromatic nitrogens is 1. The van der Waals surface area contributed by atoms with Crippen molar-refractivity contribution in [3.63, 3.8) is 0 Å². The van der Waals surface area contributed by atoms with Gasteiger partial charge in [-0.1, -0.05) is 0 Å². The number of hydrogen-bond donors (Lipinski definition) is 3. The summed E-state index contributed by atoms with van der Waals surface area (Å²) < 4.78 is 0. The molecule has 2 rings (SSSR count). The molecule has 96 valence electrons. The number of carbonyl (C=O) groups excluding carboxylic acids is 1. The van der Waals surface area contributed by atoms with Crippen LogP contribution in [0.4, 0.5) is 0 Å². The van der Waals surface area contributed by atoms with E-state index in [9.17, 15) is 9.59 Å². The second-order valence-corrected chi connectivity index (χ2v) is 4.26. The summed E-state index contributed by atoms with van der Waals surface area (Å²) in [5.41, 5.74) is 0.973. The van der Waals surface area contributed by atoms with Crippen LogP contribution in [0.5, 0.6) is 0 Å². The third-order valence-corrected chi connectivity index (χ3v) is 2.91. The van der Waals surface area contributed by atoms with Gasteiger partial charge in [-0.3, -0.25) is 9.78 Å². The van der Waals surface area contributed by atoms with E-state index < -0.39 is 5.97 Å². The molecule has 1 aromatic heterocycles. The molecule has 0 bridgehead atoms. The lowest BCUT2D eigenvalue weighted by Gasteiger charge is -2.23. The van der Waals surface area contributed by atoms with Crippen molar-refractivity contribution in [1.29, 1.82) is 0 Å². The predicted molar refractivity (Wildman–Crippen MR) is 64.1 cm³/mol. The summed E-state index contributed by atoms with van der Waals surface area (Å²) in [6.45, 7) is 1.20. The molecule has 6 nitrogen and oxygen atoms in total. The number of rotatable bonds is 4. The highest BCUT2D eigenvalue weighted by molar-refractivity contribution is 5.87. The summed E-state index contributed by atoms with van der Waals surface area (Å²) in [5.74, 6) is -0.881. The van der Waals surface area contributed by atoms with Gasteiger partial charge in [-0.05, 0) is 18.6 Å². The van der Waals surface area contributed by atoms with Crippen molar-refractivity contribution in [3.8, 4) is 0 Å². The first-order valence-corrected chi connectivity index (χ1v) is 5.83. The van der Waals surface area contributed by atoms with Crippen LogP contribution in [0.3, 0.4) is 0 Å². The molecule has 1 saturated heterocycles. The van der Waals surface area contributed by atoms with Crippen molar-refractivity contribution in [2.45, 2.75) is 25.4 Å². The van der Waals surface area contributed by atoms with Crippen molar-refractivity contribution >= 4 is 11.9 Å². The summed E-state index contributed by atoms with van der Waals surface area (Å²) in [6.07, 6.45) is 2.71. The van der Waals surface area contributed by atoms with Gasteiger partial charge in [0.05, 0.1) is 11.3 Å². The van der Waals surface area contributed by atoms with Crippen molar-refractivity contribution in [3.05, 3.63) is 29.6 Å². The Hall–Kier alpha value is -1.95. The van der Waals surface area contributed by atoms with Crippen molar-refractivity contribution in [1.82, 2.24) is 15.6 Å². The lowest BCUT2D eigenvalue weighted by molar-refractivity contribution is -0.122. The van der Waals surface area contributed by atoms with Gasteiger partial charge in [-0.25, -0.2) is 4.79 Å². The van der Waals surface area contributed by atoms with E-state index in [1.165, 1.54) is 12.3 Å². The molecule has 1 amide bonds. The Morgan fingerprint density at radius 3 is 2.94 bits per heavy atom. The highest BCUT2D eigenvalue weighted by Crippen LogP contribution is 2.05. The molecule has 1 atom stereocenters. The molecule has 2 heterocycles. The van der Waals surface area contributed by atoms with Crippen LogP contribution in [0.1, 0.15) is 28.9 Å². The number of nitrogens with zero attached hydrogens (tertiary/aromatic N) is 1. The molecule has 3 N–H and O–H groups in total. The zero-order valence-corrected chi connectivity index (χ0v) is 9.85. The molecule has 0 radical (unpaired) electrons. The van der Waals surface area contributed by atoms with E-state index in [1.807, 2.05) is 0 Å². The average molecular weight is 249 g/mol. The van der Waals surface area contributed by atoms with Crippen LogP contribution in [0.25, 0.3) is 0 Å². The van der Waals surface area contributed by atoms with Gasteiger partial charge in [-0.2, -0.15) is 0 Å². The standard InChI is InChI=1S/C12H15N3O3/c16-11-4-3-10(7-15-11)14-6-9-2-1-8(5-13-9)12(17)18/h1-2,5,10,14H,3-4,6-7H2,(H,15,16)(H,17,18). The highest BCUT2D eigenvalue weighted by Gasteiger charge is 2.17. The molecular formula is C12H15N3O3. The highest BCUT2D eigenvalue weighted by atomic mass is 16.4. The van der Waals surface area contributed by atoms with Crippen molar-refractivity contribution < 1.29 is 14.7 Å². The maximum atomic E-state index is 11.0. The Morgan fingerprint density at radius 2 is 2.39 bits per heavy atom. The topological polar surface area (TPSA) is 91.3 Å². The molecule has 1 aliphatic rings. The van der Waals surface area contributed by atoms with E-state index in [0.29, 0.717) is 19.5 Å². The Balaban J connectivity index is 1.83. The van der Waals surface area contributed by atoms with Gasteiger partial charge in [0, 0.05) is 31.7 Å². The van der Waals surface area contributed by atoms with Crippen molar-refractivity contribution in [2.75, 3.05) is 6.54 Å². The van der Waals surface area contributed by atoms with Gasteiger partial charge < -0.3 is 15.7 Å². The molecular weight excluding hydrogens is 234 g/mol. The number of carboxylic acids is 1. The average Bonchev–Trinajstić information content (AvgIpc) is 2.38. The van der Waals surface area contributed by atoms with E-state index >= 15 is 0 Å². The van der Waals surface area contributed by atoms with Crippen LogP contribution in [0.15, 0.2) is 18.3 Å². The zero-order valence-electron chi connectivity index (χ0n) is 9.85. The summed E-state index contributed by atoms with van der Waals surface area (Å²) in [5, 5.41) is 14.8. The minimum atomic E-state index is -0.975. The normalized spacial score (nSPS) is 19.3. The number of amides is 1. The summed E-state index contributed by atoms with van der Waals surface area (Å²) in [7, 11) is 0. The molecule has 6 heteroatoms. The fourth-order valence-electron chi connectivity index (χ4n) is 1.81. The fourth-order valence-corrected chi connectivity index (χ4v) is 1.81. The number of carbonyl (C=O) groups is 2. The van der Waals surface area contributed by atoms with E-state index in [2.05, 4.69) is 15.6 Å². The van der Waals surface area contributed by atoms with Gasteiger partial charge in [0.25, 0.3) is 0 Å². The van der Waals surface area contributed by atoms with E-state index in [0.717, 1.165) is 12.1 Å². The molecule has 1 unspecified atom stereocenters. The maximum absolute atomic E-state index is 11.0. The van der Waals surface area contributed by atoms with E-state index in [-0.39, 0.29) is 17.5 Å². The Bertz CT molecular complexity index is 434. The largest absolute Gasteiger partial charge is 0.478 e. The molecule has 0 saturated carbocycles. The SMILES string of the molecule is O=C1CCC(NCc2ccc(C(=O)O)cn2)CN1. The van der Waals surface area contributed by atoms with Crippen LogP contribution >= 0.6 is 0 Å². The number of carboxylic acid groups (broad SMARTS) is 1. The third-order valence-electron chi connectivity index (χ3n) is 2.91. The van der Waals surface area contributed by atoms with Crippen LogP contribution in [-0.4, -0.2) is 34.6 Å². The molecule has 1 aromatic rings. The van der Waals surface area contributed by atoms with E-state index in [4.69, 9.17) is 5.11 Å². The summed E-state index contributed by atoms with van der Waals surface area (Å²) in [4.78, 5) is 25.7. The Morgan fingerprint density at radius 1 is 1.56 bits per heavy atom. The van der Waals surface area contributed by atoms with Gasteiger partial charge >= 0.3 is 5.97 Å². The Kier molecular flexibility index (Phi) is 3.88. The van der Waals surface area contributed by atoms with Gasteiger partial charge in [0.2, 0.25) is 5.91 Å². The quantitative estimate of drug-likeness (QED) is 0.706. The van der Waals surface area contributed by atoms with Crippen molar-refractivity contribution in [2.24, 2.45) is 0 Å². The van der Waals surface area contributed by atoms with Crippen LogP contribution in [-0.2, 0) is 11.3 Å². The second-order valence-electron chi connectivity index (χ2n) is 4.26. The molecule has 0 aliphatic carbocycles. The monoisotopic (exact) mass is 249 g/mol. The molecule has 1 aliphatic heterocycles. The number of nitrogens with one attached hydrogen (secondary N) is 2. The van der Waals surface area contributed by atoms with Gasteiger partial charge in [0.1, 0.15) is 0 Å². The van der Waals surface area contributed by atoms with E-state index in [1.54, 1.807) is 6.07 Å². The fraction of sp³-hybridized carbons (Fsp3) is 0.417. The minimum absolute atomic E-state index is 0.0944. The number of hydrogen-bond acceptors (Lipinski definition) is 4. The molecule has 0 spiro atoms. The zero-order chi connectivity index (χ0) is 13.0. The summed E-state index contributed by atoms with van der Waals surface area (Å²) >= 11 is 0. The minimum Gasteiger partial charge on any atom is -0.478 e. The van der Waals surface area contributed by atoms with Gasteiger partial charge in [-0.15, -0.1) is 0 Å². The first kappa shape index (κ1) is 12.5. The first-order chi connectivity index (χ1) is 8.65. The predicted octanol–water partition coefficient (Wildman–Crippen LogP) is 0.148. The maximum Gasteiger partial charge on any atom is 0.337 e. The lowest BCUT2D eigenvalue weighted by atomic mass is 10.1. The second kappa shape index (κ2) is 5.59. The smallest absolute Gasteiger partial charge is 0.337 e. The van der Waals surface area contributed by atoms with Crippen LogP contribution in [0, 0.1) is 0 Å². The molecule has 1 fully saturated rings. The molecule has 0 aromatic carbocycles. The number of piperidine rings is 1. The third kappa shape index (κ3) is 3.27. The number of pyridine rings is 1. The number of aromatic carboxylic acids is 1. The summed E-state index contributed by atoms with van der Waals surface area (Å²) in [6, 6.07) is 3.48. The van der Waals surface area contributed by atoms with Crippen LogP contribution in [0.2, 0.25) is 0 Å². The molecule has 18 heavy (non-hydrogen) atoms. The Labute approximate surface area is 104 Å². The lowest BCUT2D eigenvalue weighted by Crippen LogP contribution is -2.45.